The summed E-state index contributed by atoms with van der Waals surface area (Å²) in [5, 5.41) is 3.26. The van der Waals surface area contributed by atoms with Crippen molar-refractivity contribution in [3.8, 4) is 0 Å². The Kier molecular flexibility index (Phi) is 2.91. The lowest BCUT2D eigenvalue weighted by Crippen LogP contribution is -2.25. The van der Waals surface area contributed by atoms with Crippen molar-refractivity contribution in [1.82, 2.24) is 4.98 Å². The number of aromatic nitrogens is 1. The van der Waals surface area contributed by atoms with Crippen LogP contribution in [0.25, 0.3) is 0 Å². The number of anilines is 3. The fourth-order valence-corrected chi connectivity index (χ4v) is 2.39. The van der Waals surface area contributed by atoms with Gasteiger partial charge in [0.05, 0.1) is 0 Å². The van der Waals surface area contributed by atoms with Gasteiger partial charge in [-0.15, -0.1) is 0 Å². The molecule has 1 aromatic heterocycles. The molecule has 1 aromatic carbocycles. The van der Waals surface area contributed by atoms with Crippen LogP contribution >= 0.6 is 0 Å². The number of hydrogen-bond donors (Lipinski definition) is 1. The predicted molar refractivity (Wildman–Crippen MR) is 75.7 cm³/mol. The van der Waals surface area contributed by atoms with Crippen molar-refractivity contribution in [3.63, 3.8) is 0 Å². The maximum atomic E-state index is 11.5. The molecule has 4 heteroatoms. The number of carbonyl (C=O) groups is 1. The number of rotatable bonds is 2. The van der Waals surface area contributed by atoms with Gasteiger partial charge in [0.15, 0.2) is 0 Å². The molecule has 1 N–H and O–H groups in total. The van der Waals surface area contributed by atoms with Gasteiger partial charge < -0.3 is 10.2 Å². The van der Waals surface area contributed by atoms with E-state index < -0.39 is 0 Å². The third-order valence-electron chi connectivity index (χ3n) is 3.29. The van der Waals surface area contributed by atoms with Gasteiger partial charge in [0.2, 0.25) is 5.91 Å². The zero-order valence-electron chi connectivity index (χ0n) is 10.8. The summed E-state index contributed by atoms with van der Waals surface area (Å²) in [4.78, 5) is 17.5. The highest BCUT2D eigenvalue weighted by Gasteiger charge is 2.21. The van der Waals surface area contributed by atoms with Gasteiger partial charge in [-0.1, -0.05) is 6.07 Å². The van der Waals surface area contributed by atoms with Gasteiger partial charge >= 0.3 is 0 Å². The minimum absolute atomic E-state index is 0.101. The summed E-state index contributed by atoms with van der Waals surface area (Å²) in [6.45, 7) is 2.38. The maximum Gasteiger partial charge on any atom is 0.223 e. The van der Waals surface area contributed by atoms with Gasteiger partial charge in [-0.25, -0.2) is 4.98 Å². The van der Waals surface area contributed by atoms with Crippen LogP contribution in [0.5, 0.6) is 0 Å². The first-order valence-electron chi connectivity index (χ1n) is 6.33. The molecule has 3 rings (SSSR count). The van der Waals surface area contributed by atoms with Crippen molar-refractivity contribution in [2.24, 2.45) is 0 Å². The third-order valence-corrected chi connectivity index (χ3v) is 3.29. The molecule has 96 valence electrons. The molecule has 0 unspecified atom stereocenters. The molecule has 0 bridgehead atoms. The largest absolute Gasteiger partial charge is 0.340 e. The molecule has 0 radical (unpaired) electrons. The fourth-order valence-electron chi connectivity index (χ4n) is 2.39. The normalized spacial score (nSPS) is 13.2. The molecule has 1 amide bonds. The van der Waals surface area contributed by atoms with Gasteiger partial charge in [-0.2, -0.15) is 0 Å². The Morgan fingerprint density at radius 2 is 2.21 bits per heavy atom. The number of hydrogen-bond acceptors (Lipinski definition) is 3. The Labute approximate surface area is 112 Å². The average molecular weight is 253 g/mol. The second kappa shape index (κ2) is 4.72. The summed E-state index contributed by atoms with van der Waals surface area (Å²) >= 11 is 0. The highest BCUT2D eigenvalue weighted by molar-refractivity contribution is 5.94. The monoisotopic (exact) mass is 253 g/mol. The number of nitrogens with zero attached hydrogens (tertiary/aromatic N) is 2. The standard InChI is InChI=1S/C15H15N3O/c1-11(19)18-9-7-12-10-13(5-6-14(12)18)17-15-4-2-3-8-16-15/h2-6,8,10H,7,9H2,1H3,(H,16,17). The molecule has 0 fully saturated rings. The highest BCUT2D eigenvalue weighted by atomic mass is 16.2. The van der Waals surface area contributed by atoms with Crippen molar-refractivity contribution in [2.75, 3.05) is 16.8 Å². The van der Waals surface area contributed by atoms with Crippen molar-refractivity contribution in [3.05, 3.63) is 48.2 Å². The molecule has 0 atom stereocenters. The van der Waals surface area contributed by atoms with Crippen LogP contribution < -0.4 is 10.2 Å². The van der Waals surface area contributed by atoms with E-state index in [2.05, 4.69) is 16.4 Å². The first-order chi connectivity index (χ1) is 9.24. The fraction of sp³-hybridized carbons (Fsp3) is 0.200. The highest BCUT2D eigenvalue weighted by Crippen LogP contribution is 2.31. The lowest BCUT2D eigenvalue weighted by Gasteiger charge is -2.15. The number of amides is 1. The molecule has 4 nitrogen and oxygen atoms in total. The molecule has 0 aliphatic carbocycles. The topological polar surface area (TPSA) is 45.2 Å². The predicted octanol–water partition coefficient (Wildman–Crippen LogP) is 2.73. The van der Waals surface area contributed by atoms with Gasteiger partial charge in [0.25, 0.3) is 0 Å². The lowest BCUT2D eigenvalue weighted by atomic mass is 10.1. The van der Waals surface area contributed by atoms with E-state index in [1.165, 1.54) is 5.56 Å². The van der Waals surface area contributed by atoms with E-state index in [0.29, 0.717) is 0 Å². The van der Waals surface area contributed by atoms with Crippen molar-refractivity contribution < 1.29 is 4.79 Å². The quantitative estimate of drug-likeness (QED) is 0.895. The van der Waals surface area contributed by atoms with E-state index in [1.54, 1.807) is 13.1 Å². The number of carbonyl (C=O) groups excluding carboxylic acids is 1. The first kappa shape index (κ1) is 11.7. The summed E-state index contributed by atoms with van der Waals surface area (Å²) in [5.41, 5.74) is 3.23. The molecule has 2 heterocycles. The Morgan fingerprint density at radius 3 is 2.95 bits per heavy atom. The minimum Gasteiger partial charge on any atom is -0.340 e. The summed E-state index contributed by atoms with van der Waals surface area (Å²) in [7, 11) is 0. The summed E-state index contributed by atoms with van der Waals surface area (Å²) in [6, 6.07) is 11.8. The van der Waals surface area contributed by atoms with Gasteiger partial charge in [0.1, 0.15) is 5.82 Å². The van der Waals surface area contributed by atoms with E-state index in [4.69, 9.17) is 0 Å². The van der Waals surface area contributed by atoms with E-state index in [9.17, 15) is 4.79 Å². The van der Waals surface area contributed by atoms with Crippen LogP contribution in [-0.2, 0) is 11.2 Å². The molecule has 0 spiro atoms. The summed E-state index contributed by atoms with van der Waals surface area (Å²) in [5.74, 6) is 0.924. The molecular formula is C15H15N3O. The van der Waals surface area contributed by atoms with E-state index >= 15 is 0 Å². The summed E-state index contributed by atoms with van der Waals surface area (Å²) < 4.78 is 0. The molecule has 1 aliphatic rings. The smallest absolute Gasteiger partial charge is 0.223 e. The number of pyridine rings is 1. The SMILES string of the molecule is CC(=O)N1CCc2cc(Nc3ccccn3)ccc21. The first-order valence-corrected chi connectivity index (χ1v) is 6.33. The molecule has 19 heavy (non-hydrogen) atoms. The average Bonchev–Trinajstić information content (AvgIpc) is 2.83. The zero-order chi connectivity index (χ0) is 13.2. The van der Waals surface area contributed by atoms with E-state index in [0.717, 1.165) is 30.2 Å². The van der Waals surface area contributed by atoms with Crippen LogP contribution in [-0.4, -0.2) is 17.4 Å². The zero-order valence-corrected chi connectivity index (χ0v) is 10.8. The minimum atomic E-state index is 0.101. The van der Waals surface area contributed by atoms with Crippen molar-refractivity contribution in [1.29, 1.82) is 0 Å². The summed E-state index contributed by atoms with van der Waals surface area (Å²) in [6.07, 6.45) is 2.67. The number of fused-ring (bicyclic) bond motifs is 1. The molecule has 0 saturated carbocycles. The van der Waals surface area contributed by atoms with Crippen LogP contribution in [0.4, 0.5) is 17.2 Å². The molecule has 0 saturated heterocycles. The van der Waals surface area contributed by atoms with Crippen LogP contribution in [0.15, 0.2) is 42.6 Å². The Hall–Kier alpha value is -2.36. The number of nitrogens with one attached hydrogen (secondary N) is 1. The van der Waals surface area contributed by atoms with Crippen molar-refractivity contribution in [2.45, 2.75) is 13.3 Å². The second-order valence-corrected chi connectivity index (χ2v) is 4.60. The van der Waals surface area contributed by atoms with Crippen molar-refractivity contribution >= 4 is 23.1 Å². The molecule has 1 aliphatic heterocycles. The Morgan fingerprint density at radius 1 is 1.32 bits per heavy atom. The number of benzene rings is 1. The van der Waals surface area contributed by atoms with E-state index in [-0.39, 0.29) is 5.91 Å². The van der Waals surface area contributed by atoms with Gasteiger partial charge in [-0.3, -0.25) is 4.79 Å². The van der Waals surface area contributed by atoms with E-state index in [1.807, 2.05) is 35.2 Å². The third kappa shape index (κ3) is 2.29. The molecule has 2 aromatic rings. The second-order valence-electron chi connectivity index (χ2n) is 4.60. The Balaban J connectivity index is 1.85. The van der Waals surface area contributed by atoms with Crippen LogP contribution in [0.2, 0.25) is 0 Å². The lowest BCUT2D eigenvalue weighted by molar-refractivity contribution is -0.116. The Bertz CT molecular complexity index is 610. The van der Waals surface area contributed by atoms with Gasteiger partial charge in [0, 0.05) is 31.0 Å². The van der Waals surface area contributed by atoms with Crippen LogP contribution in [0.1, 0.15) is 12.5 Å². The van der Waals surface area contributed by atoms with Crippen LogP contribution in [0, 0.1) is 0 Å². The van der Waals surface area contributed by atoms with Gasteiger partial charge in [-0.05, 0) is 42.3 Å². The molecular weight excluding hydrogens is 238 g/mol. The maximum absolute atomic E-state index is 11.5. The van der Waals surface area contributed by atoms with Crippen LogP contribution in [0.3, 0.4) is 0 Å².